The lowest BCUT2D eigenvalue weighted by atomic mass is 10.1. The highest BCUT2D eigenvalue weighted by Crippen LogP contribution is 2.05. The Morgan fingerprint density at radius 1 is 0.714 bits per heavy atom. The highest BCUT2D eigenvalue weighted by molar-refractivity contribution is 7.80. The highest BCUT2D eigenvalue weighted by atomic mass is 32.1. The van der Waals surface area contributed by atoms with Crippen molar-refractivity contribution < 1.29 is 24.3 Å². The molecule has 200 valence electrons. The third-order valence-electron chi connectivity index (χ3n) is 4.49. The van der Waals surface area contributed by atoms with Crippen molar-refractivity contribution in [1.82, 2.24) is 16.0 Å². The number of carbonyl (C=O) groups is 4. The molecule has 17 heteroatoms. The maximum Gasteiger partial charge on any atom is 0.327 e. The van der Waals surface area contributed by atoms with E-state index in [0.717, 1.165) is 0 Å². The van der Waals surface area contributed by atoms with Gasteiger partial charge in [-0.2, -0.15) is 25.3 Å². The zero-order chi connectivity index (χ0) is 27.0. The summed E-state index contributed by atoms with van der Waals surface area (Å²) in [5.74, 6) is -3.72. The Hall–Kier alpha value is -2.92. The van der Waals surface area contributed by atoms with Crippen molar-refractivity contribution in [1.29, 1.82) is 0 Å². The Morgan fingerprint density at radius 2 is 1.11 bits per heavy atom. The third-order valence-corrected chi connectivity index (χ3v) is 5.25. The molecule has 0 aromatic rings. The van der Waals surface area contributed by atoms with Crippen LogP contribution in [0.25, 0.3) is 0 Å². The van der Waals surface area contributed by atoms with Gasteiger partial charge in [0.2, 0.25) is 17.7 Å². The molecule has 0 aliphatic heterocycles. The Morgan fingerprint density at radius 3 is 1.46 bits per heavy atom. The summed E-state index contributed by atoms with van der Waals surface area (Å²) in [5, 5.41) is 16.6. The van der Waals surface area contributed by atoms with Crippen LogP contribution < -0.4 is 44.6 Å². The summed E-state index contributed by atoms with van der Waals surface area (Å²) in [6, 6.07) is -4.45. The molecule has 35 heavy (non-hydrogen) atoms. The lowest BCUT2D eigenvalue weighted by Crippen LogP contribution is -2.57. The van der Waals surface area contributed by atoms with Gasteiger partial charge >= 0.3 is 5.97 Å². The van der Waals surface area contributed by atoms with Gasteiger partial charge in [0.1, 0.15) is 18.1 Å². The predicted molar refractivity (Wildman–Crippen MR) is 139 cm³/mol. The molecule has 0 rings (SSSR count). The van der Waals surface area contributed by atoms with Gasteiger partial charge in [0.05, 0.1) is 6.04 Å². The first-order chi connectivity index (χ1) is 16.4. The Balaban J connectivity index is 5.56. The van der Waals surface area contributed by atoms with Crippen LogP contribution in [-0.2, 0) is 19.2 Å². The van der Waals surface area contributed by atoms with E-state index >= 15 is 0 Å². The SMILES string of the molecule is NC(N)=NCCC[C@H](NC(=O)[C@H](CCCN=C(N)N)NC(=O)[C@@H](N)CS)C(=O)N[C@@H](CS)C(=O)O. The van der Waals surface area contributed by atoms with Crippen LogP contribution >= 0.6 is 25.3 Å². The van der Waals surface area contributed by atoms with Gasteiger partial charge < -0.3 is 49.7 Å². The number of thiol groups is 2. The Kier molecular flexibility index (Phi) is 16.0. The summed E-state index contributed by atoms with van der Waals surface area (Å²) < 4.78 is 0. The van der Waals surface area contributed by atoms with Crippen LogP contribution in [0.2, 0.25) is 0 Å². The van der Waals surface area contributed by atoms with Gasteiger partial charge in [0.15, 0.2) is 11.9 Å². The first kappa shape index (κ1) is 32.1. The predicted octanol–water partition coefficient (Wildman–Crippen LogP) is -4.18. The number of guanidine groups is 2. The largest absolute Gasteiger partial charge is 0.480 e. The van der Waals surface area contributed by atoms with E-state index in [1.807, 2.05) is 0 Å². The number of nitrogens with two attached hydrogens (primary N) is 5. The molecule has 4 atom stereocenters. The van der Waals surface area contributed by atoms with Crippen LogP contribution in [0.5, 0.6) is 0 Å². The van der Waals surface area contributed by atoms with Crippen molar-refractivity contribution in [2.75, 3.05) is 24.6 Å². The number of aliphatic imine (C=N–C) groups is 2. The van der Waals surface area contributed by atoms with Crippen LogP contribution in [-0.4, -0.2) is 89.5 Å². The molecule has 0 bridgehead atoms. The molecular weight excluding hydrogens is 500 g/mol. The second kappa shape index (κ2) is 17.5. The lowest BCUT2D eigenvalue weighted by molar-refractivity contribution is -0.141. The van der Waals surface area contributed by atoms with Crippen molar-refractivity contribution in [2.45, 2.75) is 49.9 Å². The molecule has 0 heterocycles. The quantitative estimate of drug-likeness (QED) is 0.0369. The second-order valence-electron chi connectivity index (χ2n) is 7.39. The van der Waals surface area contributed by atoms with E-state index in [4.69, 9.17) is 28.7 Å². The first-order valence-electron chi connectivity index (χ1n) is 10.6. The Bertz CT molecular complexity index is 775. The average Bonchev–Trinajstić information content (AvgIpc) is 2.79. The van der Waals surface area contributed by atoms with Crippen LogP contribution in [0, 0.1) is 0 Å². The second-order valence-corrected chi connectivity index (χ2v) is 8.12. The summed E-state index contributed by atoms with van der Waals surface area (Å²) in [7, 11) is 0. The van der Waals surface area contributed by atoms with Crippen molar-refractivity contribution in [2.24, 2.45) is 38.7 Å². The fourth-order valence-corrected chi connectivity index (χ4v) is 3.05. The monoisotopic (exact) mass is 536 g/mol. The standard InChI is InChI=1S/C18H36N10O5S2/c19-9(7-34)13(29)26-10(3-1-5-24-17(20)21)14(30)27-11(4-2-6-25-18(22)23)15(31)28-12(8-35)16(32)33/h9-12,34-35H,1-8,19H2,(H,26,29)(H,27,30)(H,28,31)(H,32,33)(H4,20,21,24)(H4,22,23,25)/t9-,10-,11-,12-/m0/s1. The van der Waals surface area contributed by atoms with Gasteiger partial charge in [0, 0.05) is 24.6 Å². The molecule has 0 aromatic carbocycles. The van der Waals surface area contributed by atoms with E-state index in [0.29, 0.717) is 12.8 Å². The minimum absolute atomic E-state index is 0.0459. The molecule has 0 radical (unpaired) electrons. The van der Waals surface area contributed by atoms with Gasteiger partial charge in [-0.3, -0.25) is 24.4 Å². The molecule has 0 aliphatic rings. The van der Waals surface area contributed by atoms with Crippen LogP contribution in [0.3, 0.4) is 0 Å². The van der Waals surface area contributed by atoms with Gasteiger partial charge in [-0.25, -0.2) is 4.79 Å². The van der Waals surface area contributed by atoms with E-state index in [1.54, 1.807) is 0 Å². The van der Waals surface area contributed by atoms with Gasteiger partial charge in [-0.15, -0.1) is 0 Å². The maximum atomic E-state index is 13.0. The summed E-state index contributed by atoms with van der Waals surface area (Å²) in [5.41, 5.74) is 26.8. The Labute approximate surface area is 214 Å². The van der Waals surface area contributed by atoms with Gasteiger partial charge in [-0.1, -0.05) is 0 Å². The maximum absolute atomic E-state index is 13.0. The van der Waals surface area contributed by atoms with Crippen molar-refractivity contribution in [3.05, 3.63) is 0 Å². The molecule has 0 saturated carbocycles. The van der Waals surface area contributed by atoms with E-state index in [-0.39, 0.29) is 49.4 Å². The molecule has 14 N–H and O–H groups in total. The van der Waals surface area contributed by atoms with E-state index in [2.05, 4.69) is 51.2 Å². The number of carboxylic acids is 1. The highest BCUT2D eigenvalue weighted by Gasteiger charge is 2.29. The van der Waals surface area contributed by atoms with Crippen LogP contribution in [0.4, 0.5) is 0 Å². The van der Waals surface area contributed by atoms with Crippen molar-refractivity contribution >= 4 is 60.9 Å². The van der Waals surface area contributed by atoms with Gasteiger partial charge in [-0.05, 0) is 25.7 Å². The summed E-state index contributed by atoms with van der Waals surface area (Å²) >= 11 is 7.89. The minimum Gasteiger partial charge on any atom is -0.480 e. The lowest BCUT2D eigenvalue weighted by Gasteiger charge is -2.25. The number of rotatable bonds is 17. The number of amides is 3. The molecular formula is C18H36N10O5S2. The van der Waals surface area contributed by atoms with E-state index in [9.17, 15) is 24.3 Å². The summed E-state index contributed by atoms with van der Waals surface area (Å²) in [6.45, 7) is 0.373. The molecule has 0 unspecified atom stereocenters. The molecule has 15 nitrogen and oxygen atoms in total. The van der Waals surface area contributed by atoms with Crippen LogP contribution in [0.1, 0.15) is 25.7 Å². The summed E-state index contributed by atoms with van der Waals surface area (Å²) in [4.78, 5) is 56.9. The summed E-state index contributed by atoms with van der Waals surface area (Å²) in [6.07, 6.45) is 0.831. The molecule has 0 aliphatic carbocycles. The molecule has 0 saturated heterocycles. The van der Waals surface area contributed by atoms with E-state index in [1.165, 1.54) is 0 Å². The zero-order valence-corrected chi connectivity index (χ0v) is 21.0. The number of hydrogen-bond acceptors (Lipinski definition) is 9. The van der Waals surface area contributed by atoms with Gasteiger partial charge in [0.25, 0.3) is 0 Å². The number of nitrogens with zero attached hydrogens (tertiary/aromatic N) is 2. The number of hydrogen-bond donors (Lipinski definition) is 11. The van der Waals surface area contributed by atoms with Crippen molar-refractivity contribution in [3.63, 3.8) is 0 Å². The number of carbonyl (C=O) groups excluding carboxylic acids is 3. The van der Waals surface area contributed by atoms with Crippen molar-refractivity contribution in [3.8, 4) is 0 Å². The first-order valence-corrected chi connectivity index (χ1v) is 11.9. The van der Waals surface area contributed by atoms with Crippen LogP contribution in [0.15, 0.2) is 9.98 Å². The fourth-order valence-electron chi connectivity index (χ4n) is 2.64. The molecule has 0 aromatic heterocycles. The minimum atomic E-state index is -1.29. The third kappa shape index (κ3) is 14.2. The zero-order valence-electron chi connectivity index (χ0n) is 19.2. The topological polar surface area (TPSA) is 279 Å². The average molecular weight is 537 g/mol. The smallest absolute Gasteiger partial charge is 0.327 e. The normalized spacial score (nSPS) is 13.9. The number of carboxylic acid groups (broad SMARTS) is 1. The number of nitrogens with one attached hydrogen (secondary N) is 3. The molecule has 0 fully saturated rings. The van der Waals surface area contributed by atoms with E-state index < -0.39 is 47.9 Å². The fraction of sp³-hybridized carbons (Fsp3) is 0.667. The molecule has 0 spiro atoms. The molecule has 3 amide bonds. The number of aliphatic carboxylic acids is 1.